The van der Waals surface area contributed by atoms with Crippen LogP contribution in [0.25, 0.3) is 10.9 Å². The molecule has 5 nitrogen and oxygen atoms in total. The SMILES string of the molecule is CN(C)C(CNC(=O)c1cc2ccccc2[nH]1)c1ccco1. The number of H-pyrrole nitrogens is 1. The van der Waals surface area contributed by atoms with Crippen molar-refractivity contribution in [1.29, 1.82) is 0 Å². The van der Waals surface area contributed by atoms with Crippen LogP contribution in [-0.4, -0.2) is 36.4 Å². The van der Waals surface area contributed by atoms with E-state index < -0.39 is 0 Å². The average molecular weight is 297 g/mol. The minimum absolute atomic E-state index is 0.00308. The third-order valence-corrected chi connectivity index (χ3v) is 3.73. The van der Waals surface area contributed by atoms with E-state index in [1.54, 1.807) is 6.26 Å². The topological polar surface area (TPSA) is 61.3 Å². The van der Waals surface area contributed by atoms with Gasteiger partial charge in [-0.15, -0.1) is 0 Å². The first-order valence-electron chi connectivity index (χ1n) is 7.21. The summed E-state index contributed by atoms with van der Waals surface area (Å²) in [6.45, 7) is 0.481. The van der Waals surface area contributed by atoms with Crippen LogP contribution in [0.15, 0.2) is 53.1 Å². The number of carbonyl (C=O) groups excluding carboxylic acids is 1. The number of nitrogens with zero attached hydrogens (tertiary/aromatic N) is 1. The monoisotopic (exact) mass is 297 g/mol. The van der Waals surface area contributed by atoms with E-state index in [2.05, 4.69) is 10.3 Å². The van der Waals surface area contributed by atoms with Gasteiger partial charge in [-0.2, -0.15) is 0 Å². The van der Waals surface area contributed by atoms with Crippen LogP contribution < -0.4 is 5.32 Å². The molecule has 0 aliphatic carbocycles. The summed E-state index contributed by atoms with van der Waals surface area (Å²) in [7, 11) is 3.92. The summed E-state index contributed by atoms with van der Waals surface area (Å²) in [6.07, 6.45) is 1.64. The molecule has 22 heavy (non-hydrogen) atoms. The number of fused-ring (bicyclic) bond motifs is 1. The maximum absolute atomic E-state index is 12.3. The molecule has 5 heteroatoms. The molecule has 1 unspecified atom stereocenters. The third-order valence-electron chi connectivity index (χ3n) is 3.73. The van der Waals surface area contributed by atoms with Crippen molar-refractivity contribution in [2.24, 2.45) is 0 Å². The molecule has 0 spiro atoms. The van der Waals surface area contributed by atoms with Crippen molar-refractivity contribution in [3.8, 4) is 0 Å². The van der Waals surface area contributed by atoms with Gasteiger partial charge in [0.15, 0.2) is 0 Å². The zero-order valence-electron chi connectivity index (χ0n) is 12.7. The second kappa shape index (κ2) is 6.07. The third kappa shape index (κ3) is 2.89. The van der Waals surface area contributed by atoms with Crippen LogP contribution in [0.5, 0.6) is 0 Å². The van der Waals surface area contributed by atoms with Crippen molar-refractivity contribution in [3.63, 3.8) is 0 Å². The number of carbonyl (C=O) groups is 1. The van der Waals surface area contributed by atoms with Gasteiger partial charge in [0.25, 0.3) is 5.91 Å². The Morgan fingerprint density at radius 2 is 2.09 bits per heavy atom. The number of para-hydroxylation sites is 1. The van der Waals surface area contributed by atoms with Crippen LogP contribution in [0.4, 0.5) is 0 Å². The predicted molar refractivity (Wildman–Crippen MR) is 85.8 cm³/mol. The molecule has 114 valence electrons. The molecule has 1 atom stereocenters. The number of aromatic nitrogens is 1. The van der Waals surface area contributed by atoms with Crippen LogP contribution >= 0.6 is 0 Å². The summed E-state index contributed by atoms with van der Waals surface area (Å²) >= 11 is 0. The van der Waals surface area contributed by atoms with Gasteiger partial charge < -0.3 is 14.7 Å². The zero-order chi connectivity index (χ0) is 15.5. The molecule has 3 aromatic rings. The van der Waals surface area contributed by atoms with Crippen molar-refractivity contribution >= 4 is 16.8 Å². The van der Waals surface area contributed by atoms with E-state index in [1.165, 1.54) is 0 Å². The smallest absolute Gasteiger partial charge is 0.267 e. The van der Waals surface area contributed by atoms with Crippen LogP contribution in [-0.2, 0) is 0 Å². The Morgan fingerprint density at radius 1 is 1.27 bits per heavy atom. The van der Waals surface area contributed by atoms with Crippen molar-refractivity contribution < 1.29 is 9.21 Å². The number of rotatable bonds is 5. The summed E-state index contributed by atoms with van der Waals surface area (Å²) in [5.74, 6) is 0.719. The summed E-state index contributed by atoms with van der Waals surface area (Å²) < 4.78 is 5.44. The highest BCUT2D eigenvalue weighted by molar-refractivity contribution is 5.97. The van der Waals surface area contributed by atoms with Crippen LogP contribution in [0.2, 0.25) is 0 Å². The van der Waals surface area contributed by atoms with Crippen molar-refractivity contribution in [2.45, 2.75) is 6.04 Å². The summed E-state index contributed by atoms with van der Waals surface area (Å²) in [5, 5.41) is 3.99. The second-order valence-corrected chi connectivity index (χ2v) is 5.48. The Balaban J connectivity index is 1.71. The van der Waals surface area contributed by atoms with Gasteiger partial charge in [0, 0.05) is 17.4 Å². The molecule has 0 saturated heterocycles. The quantitative estimate of drug-likeness (QED) is 0.761. The molecule has 2 heterocycles. The number of aromatic amines is 1. The van der Waals surface area contributed by atoms with E-state index in [0.717, 1.165) is 16.7 Å². The Morgan fingerprint density at radius 3 is 2.77 bits per heavy atom. The molecule has 1 amide bonds. The summed E-state index contributed by atoms with van der Waals surface area (Å²) in [6, 6.07) is 13.5. The fourth-order valence-electron chi connectivity index (χ4n) is 2.50. The molecular formula is C17H19N3O2. The Labute approximate surface area is 128 Å². The van der Waals surface area contributed by atoms with Crippen LogP contribution in [0, 0.1) is 0 Å². The van der Waals surface area contributed by atoms with Gasteiger partial charge in [-0.3, -0.25) is 9.69 Å². The normalized spacial score (nSPS) is 12.7. The lowest BCUT2D eigenvalue weighted by Crippen LogP contribution is -2.34. The van der Waals surface area contributed by atoms with Gasteiger partial charge in [0.2, 0.25) is 0 Å². The van der Waals surface area contributed by atoms with Gasteiger partial charge >= 0.3 is 0 Å². The molecule has 3 rings (SSSR count). The molecular weight excluding hydrogens is 278 g/mol. The number of nitrogens with one attached hydrogen (secondary N) is 2. The fraction of sp³-hybridized carbons (Fsp3) is 0.235. The number of hydrogen-bond acceptors (Lipinski definition) is 3. The summed E-state index contributed by atoms with van der Waals surface area (Å²) in [4.78, 5) is 17.5. The fourth-order valence-corrected chi connectivity index (χ4v) is 2.50. The number of benzene rings is 1. The molecule has 0 fully saturated rings. The maximum Gasteiger partial charge on any atom is 0.267 e. The number of likely N-dealkylation sites (N-methyl/N-ethyl adjacent to an activating group) is 1. The lowest BCUT2D eigenvalue weighted by Gasteiger charge is -2.22. The molecule has 2 aromatic heterocycles. The highest BCUT2D eigenvalue weighted by atomic mass is 16.3. The van der Waals surface area contributed by atoms with E-state index in [9.17, 15) is 4.79 Å². The highest BCUT2D eigenvalue weighted by Crippen LogP contribution is 2.18. The van der Waals surface area contributed by atoms with Gasteiger partial charge in [0.05, 0.1) is 12.3 Å². The van der Waals surface area contributed by atoms with E-state index in [0.29, 0.717) is 12.2 Å². The lowest BCUT2D eigenvalue weighted by molar-refractivity contribution is 0.0935. The van der Waals surface area contributed by atoms with E-state index >= 15 is 0 Å². The molecule has 0 bridgehead atoms. The Bertz CT molecular complexity index is 726. The molecule has 0 aliphatic heterocycles. The average Bonchev–Trinajstić information content (AvgIpc) is 3.16. The van der Waals surface area contributed by atoms with Crippen molar-refractivity contribution in [1.82, 2.24) is 15.2 Å². The number of furan rings is 1. The van der Waals surface area contributed by atoms with Gasteiger partial charge in [-0.1, -0.05) is 18.2 Å². The van der Waals surface area contributed by atoms with E-state index in [4.69, 9.17) is 4.42 Å². The Hall–Kier alpha value is -2.53. The zero-order valence-corrected chi connectivity index (χ0v) is 12.7. The number of amides is 1. The lowest BCUT2D eigenvalue weighted by atomic mass is 10.2. The minimum Gasteiger partial charge on any atom is -0.468 e. The summed E-state index contributed by atoms with van der Waals surface area (Å²) in [5.41, 5.74) is 1.53. The highest BCUT2D eigenvalue weighted by Gasteiger charge is 2.18. The number of hydrogen-bond donors (Lipinski definition) is 2. The first kappa shape index (κ1) is 14.4. The standard InChI is InChI=1S/C17H19N3O2/c1-20(2)15(16-8-5-9-22-16)11-18-17(21)14-10-12-6-3-4-7-13(12)19-14/h3-10,15,19H,11H2,1-2H3,(H,18,21). The second-order valence-electron chi connectivity index (χ2n) is 5.48. The van der Waals surface area contributed by atoms with Crippen LogP contribution in [0.1, 0.15) is 22.3 Å². The molecule has 0 saturated carbocycles. The first-order chi connectivity index (χ1) is 10.6. The van der Waals surface area contributed by atoms with Crippen molar-refractivity contribution in [2.75, 3.05) is 20.6 Å². The largest absolute Gasteiger partial charge is 0.468 e. The minimum atomic E-state index is -0.116. The molecule has 0 aliphatic rings. The molecule has 2 N–H and O–H groups in total. The predicted octanol–water partition coefficient (Wildman–Crippen LogP) is 2.79. The van der Waals surface area contributed by atoms with Gasteiger partial charge in [-0.25, -0.2) is 0 Å². The van der Waals surface area contributed by atoms with Gasteiger partial charge in [-0.05, 0) is 38.4 Å². The van der Waals surface area contributed by atoms with E-state index in [1.807, 2.05) is 61.5 Å². The van der Waals surface area contributed by atoms with Crippen LogP contribution in [0.3, 0.4) is 0 Å². The van der Waals surface area contributed by atoms with Crippen molar-refractivity contribution in [3.05, 3.63) is 60.2 Å². The first-order valence-corrected chi connectivity index (χ1v) is 7.21. The maximum atomic E-state index is 12.3. The Kier molecular flexibility index (Phi) is 3.98. The molecule has 1 aromatic carbocycles. The van der Waals surface area contributed by atoms with Gasteiger partial charge in [0.1, 0.15) is 11.5 Å². The molecule has 0 radical (unpaired) electrons. The van der Waals surface area contributed by atoms with E-state index in [-0.39, 0.29) is 11.9 Å².